The van der Waals surface area contributed by atoms with Crippen molar-refractivity contribution in [3.05, 3.63) is 53.5 Å². The van der Waals surface area contributed by atoms with Gasteiger partial charge in [-0.2, -0.15) is 0 Å². The summed E-state index contributed by atoms with van der Waals surface area (Å²) in [4.78, 5) is 23.7. The van der Waals surface area contributed by atoms with E-state index in [9.17, 15) is 9.59 Å². The lowest BCUT2D eigenvalue weighted by molar-refractivity contribution is -0.116. The molecule has 0 saturated carbocycles. The predicted molar refractivity (Wildman–Crippen MR) is 84.8 cm³/mol. The number of carbonyl (C=O) groups is 2. The number of benzene rings is 1. The summed E-state index contributed by atoms with van der Waals surface area (Å²) in [7, 11) is 0. The van der Waals surface area contributed by atoms with Gasteiger partial charge < -0.3 is 15.1 Å². The molecule has 1 aromatic carbocycles. The van der Waals surface area contributed by atoms with Gasteiger partial charge in [-0.15, -0.1) is 0 Å². The predicted octanol–water partition coefficient (Wildman–Crippen LogP) is 2.91. The fourth-order valence-corrected chi connectivity index (χ4v) is 2.19. The van der Waals surface area contributed by atoms with Gasteiger partial charge in [-0.25, -0.2) is 0 Å². The lowest BCUT2D eigenvalue weighted by Gasteiger charge is -2.13. The van der Waals surface area contributed by atoms with E-state index >= 15 is 0 Å². The monoisotopic (exact) mass is 300 g/mol. The number of hydrogen-bond acceptors (Lipinski definition) is 3. The molecule has 0 spiro atoms. The van der Waals surface area contributed by atoms with Crippen molar-refractivity contribution in [2.24, 2.45) is 0 Å². The molecule has 1 aromatic heterocycles. The van der Waals surface area contributed by atoms with Crippen LogP contribution in [0.25, 0.3) is 0 Å². The molecule has 0 atom stereocenters. The third-order valence-corrected chi connectivity index (χ3v) is 3.39. The van der Waals surface area contributed by atoms with Crippen molar-refractivity contribution in [3.63, 3.8) is 0 Å². The largest absolute Gasteiger partial charge is 0.459 e. The smallest absolute Gasteiger partial charge is 0.286 e. The number of nitrogens with one attached hydrogen (secondary N) is 2. The zero-order valence-electron chi connectivity index (χ0n) is 12.8. The second-order valence-corrected chi connectivity index (χ2v) is 4.99. The summed E-state index contributed by atoms with van der Waals surface area (Å²) >= 11 is 0. The highest BCUT2D eigenvalue weighted by Gasteiger charge is 2.11. The molecule has 0 radical (unpaired) electrons. The van der Waals surface area contributed by atoms with E-state index in [0.717, 1.165) is 23.2 Å². The van der Waals surface area contributed by atoms with Crippen molar-refractivity contribution in [2.75, 3.05) is 11.9 Å². The number of hydrogen-bond donors (Lipinski definition) is 2. The molecule has 2 rings (SSSR count). The van der Waals surface area contributed by atoms with Crippen LogP contribution in [0.2, 0.25) is 0 Å². The first-order valence-electron chi connectivity index (χ1n) is 7.32. The molecular formula is C17H20N2O3. The van der Waals surface area contributed by atoms with Crippen LogP contribution in [0.5, 0.6) is 0 Å². The van der Waals surface area contributed by atoms with E-state index in [4.69, 9.17) is 4.42 Å². The van der Waals surface area contributed by atoms with Crippen LogP contribution in [0, 0.1) is 6.92 Å². The third kappa shape index (κ3) is 3.97. The van der Waals surface area contributed by atoms with Crippen LogP contribution < -0.4 is 10.6 Å². The molecule has 0 fully saturated rings. The lowest BCUT2D eigenvalue weighted by atomic mass is 10.1. The number of furan rings is 1. The second-order valence-electron chi connectivity index (χ2n) is 4.99. The molecule has 5 nitrogen and oxygen atoms in total. The summed E-state index contributed by atoms with van der Waals surface area (Å²) in [5, 5.41) is 5.58. The zero-order chi connectivity index (χ0) is 15.9. The Labute approximate surface area is 129 Å². The normalized spacial score (nSPS) is 10.3. The molecule has 22 heavy (non-hydrogen) atoms. The number of para-hydroxylation sites is 1. The summed E-state index contributed by atoms with van der Waals surface area (Å²) in [6, 6.07) is 9.17. The van der Waals surface area contributed by atoms with Gasteiger partial charge in [0.15, 0.2) is 5.76 Å². The SMILES string of the molecule is CCc1cccc(C)c1NC(=O)CCNC(=O)c1ccco1. The topological polar surface area (TPSA) is 71.3 Å². The van der Waals surface area contributed by atoms with Gasteiger partial charge in [-0.3, -0.25) is 9.59 Å². The molecule has 0 bridgehead atoms. The van der Waals surface area contributed by atoms with Crippen molar-refractivity contribution < 1.29 is 14.0 Å². The van der Waals surface area contributed by atoms with Crippen LogP contribution in [0.15, 0.2) is 41.0 Å². The molecule has 0 aliphatic heterocycles. The minimum absolute atomic E-state index is 0.122. The van der Waals surface area contributed by atoms with Crippen LogP contribution in [-0.4, -0.2) is 18.4 Å². The number of amides is 2. The minimum atomic E-state index is -0.317. The van der Waals surface area contributed by atoms with E-state index in [2.05, 4.69) is 10.6 Å². The Morgan fingerprint density at radius 1 is 1.18 bits per heavy atom. The van der Waals surface area contributed by atoms with Crippen molar-refractivity contribution >= 4 is 17.5 Å². The first-order chi connectivity index (χ1) is 10.6. The first-order valence-corrected chi connectivity index (χ1v) is 7.32. The Morgan fingerprint density at radius 3 is 2.68 bits per heavy atom. The van der Waals surface area contributed by atoms with Crippen LogP contribution in [0.3, 0.4) is 0 Å². The second kappa shape index (κ2) is 7.45. The average molecular weight is 300 g/mol. The van der Waals surface area contributed by atoms with Gasteiger partial charge >= 0.3 is 0 Å². The molecule has 5 heteroatoms. The Hall–Kier alpha value is -2.56. The van der Waals surface area contributed by atoms with Crippen molar-refractivity contribution in [2.45, 2.75) is 26.7 Å². The van der Waals surface area contributed by atoms with Gasteiger partial charge in [0.2, 0.25) is 5.91 Å². The van der Waals surface area contributed by atoms with Gasteiger partial charge in [-0.05, 0) is 36.6 Å². The molecule has 2 N–H and O–H groups in total. The molecular weight excluding hydrogens is 280 g/mol. The highest BCUT2D eigenvalue weighted by atomic mass is 16.3. The van der Waals surface area contributed by atoms with Crippen LogP contribution in [0.4, 0.5) is 5.69 Å². The van der Waals surface area contributed by atoms with E-state index in [-0.39, 0.29) is 30.5 Å². The number of anilines is 1. The van der Waals surface area contributed by atoms with Gasteiger partial charge in [-0.1, -0.05) is 25.1 Å². The number of aryl methyl sites for hydroxylation is 2. The molecule has 0 aliphatic rings. The average Bonchev–Trinajstić information content (AvgIpc) is 3.03. The number of rotatable bonds is 6. The summed E-state index contributed by atoms with van der Waals surface area (Å²) in [5.74, 6) is -0.195. The number of carbonyl (C=O) groups excluding carboxylic acids is 2. The standard InChI is InChI=1S/C17H20N2O3/c1-3-13-7-4-6-12(2)16(13)19-15(20)9-10-18-17(21)14-8-5-11-22-14/h4-8,11H,3,9-10H2,1-2H3,(H,18,21)(H,19,20). The van der Waals surface area contributed by atoms with Crippen LogP contribution >= 0.6 is 0 Å². The quantitative estimate of drug-likeness (QED) is 0.861. The van der Waals surface area contributed by atoms with E-state index < -0.39 is 0 Å². The van der Waals surface area contributed by atoms with Crippen molar-refractivity contribution in [1.82, 2.24) is 5.32 Å². The zero-order valence-corrected chi connectivity index (χ0v) is 12.8. The first kappa shape index (κ1) is 15.8. The van der Waals surface area contributed by atoms with Gasteiger partial charge in [0, 0.05) is 18.7 Å². The molecule has 2 amide bonds. The maximum Gasteiger partial charge on any atom is 0.286 e. The van der Waals surface area contributed by atoms with Gasteiger partial charge in [0.25, 0.3) is 5.91 Å². The molecule has 116 valence electrons. The van der Waals surface area contributed by atoms with E-state index in [1.807, 2.05) is 32.0 Å². The fraction of sp³-hybridized carbons (Fsp3) is 0.294. The molecule has 0 aliphatic carbocycles. The molecule has 0 saturated heterocycles. The maximum atomic E-state index is 12.0. The summed E-state index contributed by atoms with van der Waals surface area (Å²) < 4.78 is 4.98. The van der Waals surface area contributed by atoms with Crippen LogP contribution in [0.1, 0.15) is 35.0 Å². The fourth-order valence-electron chi connectivity index (χ4n) is 2.19. The van der Waals surface area contributed by atoms with E-state index in [0.29, 0.717) is 0 Å². The van der Waals surface area contributed by atoms with Gasteiger partial charge in [0.1, 0.15) is 0 Å². The Bertz CT molecular complexity index is 648. The minimum Gasteiger partial charge on any atom is -0.459 e. The van der Waals surface area contributed by atoms with E-state index in [1.54, 1.807) is 12.1 Å². The Morgan fingerprint density at radius 2 is 2.00 bits per heavy atom. The van der Waals surface area contributed by atoms with Crippen molar-refractivity contribution in [1.29, 1.82) is 0 Å². The Balaban J connectivity index is 1.85. The lowest BCUT2D eigenvalue weighted by Crippen LogP contribution is -2.27. The molecule has 2 aromatic rings. The highest BCUT2D eigenvalue weighted by Crippen LogP contribution is 2.21. The van der Waals surface area contributed by atoms with E-state index in [1.165, 1.54) is 6.26 Å². The van der Waals surface area contributed by atoms with Gasteiger partial charge in [0.05, 0.1) is 6.26 Å². The Kier molecular flexibility index (Phi) is 5.36. The van der Waals surface area contributed by atoms with Crippen LogP contribution in [-0.2, 0) is 11.2 Å². The molecule has 0 unspecified atom stereocenters. The third-order valence-electron chi connectivity index (χ3n) is 3.39. The summed E-state index contributed by atoms with van der Waals surface area (Å²) in [6.07, 6.45) is 2.50. The molecule has 1 heterocycles. The van der Waals surface area contributed by atoms with Crippen molar-refractivity contribution in [3.8, 4) is 0 Å². The maximum absolute atomic E-state index is 12.0. The highest BCUT2D eigenvalue weighted by molar-refractivity contribution is 5.94. The summed E-state index contributed by atoms with van der Waals surface area (Å²) in [6.45, 7) is 4.28. The summed E-state index contributed by atoms with van der Waals surface area (Å²) in [5.41, 5.74) is 3.01.